The van der Waals surface area contributed by atoms with Crippen LogP contribution >= 0.6 is 0 Å². The van der Waals surface area contributed by atoms with Crippen molar-refractivity contribution in [3.63, 3.8) is 0 Å². The fraction of sp³-hybridized carbons (Fsp3) is 0.222. The third-order valence-electron chi connectivity index (χ3n) is 4.35. The Kier molecular flexibility index (Phi) is 5.15. The largest absolute Gasteiger partial charge is 0.366 e. The number of hydrogen-bond donors (Lipinski definition) is 5. The molecule has 1 heterocycles. The van der Waals surface area contributed by atoms with Crippen molar-refractivity contribution in [2.24, 2.45) is 11.6 Å². The van der Waals surface area contributed by atoms with Crippen LogP contribution in [0.2, 0.25) is 0 Å². The molecule has 0 fully saturated rings. The Hall–Kier alpha value is -2.97. The number of nitrogens with two attached hydrogens (primary N) is 2. The van der Waals surface area contributed by atoms with Crippen LogP contribution in [0.15, 0.2) is 42.5 Å². The van der Waals surface area contributed by atoms with Crippen LogP contribution in [-0.2, 0) is 6.42 Å². The van der Waals surface area contributed by atoms with Gasteiger partial charge in [0.15, 0.2) is 0 Å². The van der Waals surface area contributed by atoms with Crippen LogP contribution in [0.25, 0.3) is 0 Å². The van der Waals surface area contributed by atoms with E-state index in [2.05, 4.69) is 10.6 Å². The highest BCUT2D eigenvalue weighted by molar-refractivity contribution is 6.12. The predicted octanol–water partition coefficient (Wildman–Crippen LogP) is 1.01. The zero-order valence-corrected chi connectivity index (χ0v) is 14.1. The first kappa shape index (κ1) is 17.8. The van der Waals surface area contributed by atoms with Crippen LogP contribution < -0.4 is 22.2 Å². The summed E-state index contributed by atoms with van der Waals surface area (Å²) in [4.78, 5) is 11.6. The Labute approximate surface area is 150 Å². The summed E-state index contributed by atoms with van der Waals surface area (Å²) in [6.45, 7) is 1.00. The number of rotatable bonds is 6. The summed E-state index contributed by atoms with van der Waals surface area (Å²) >= 11 is 0. The summed E-state index contributed by atoms with van der Waals surface area (Å²) in [5, 5.41) is 15.9. The molecule has 2 aromatic rings. The standard InChI is InChI=1S/C18H21FN6O/c19-13-6-2-1-4-11(13)8-9-23-10-15-24-14-7-3-5-12(18(21)26)16(14)17(20)25(15)22/h1-7,15,20,23-24H,8-10,22H2,(H2,21,26). The number of primary amides is 1. The molecule has 0 aliphatic carbocycles. The molecule has 2 aromatic carbocycles. The minimum Gasteiger partial charge on any atom is -0.366 e. The lowest BCUT2D eigenvalue weighted by atomic mass is 10.0. The zero-order valence-electron chi connectivity index (χ0n) is 14.1. The molecule has 0 radical (unpaired) electrons. The fourth-order valence-electron chi connectivity index (χ4n) is 2.98. The van der Waals surface area contributed by atoms with Gasteiger partial charge in [-0.3, -0.25) is 15.2 Å². The second kappa shape index (κ2) is 7.51. The van der Waals surface area contributed by atoms with Gasteiger partial charge in [0.2, 0.25) is 5.91 Å². The quantitative estimate of drug-likeness (QED) is 0.391. The van der Waals surface area contributed by atoms with Crippen LogP contribution in [0.1, 0.15) is 21.5 Å². The van der Waals surface area contributed by atoms with Crippen molar-refractivity contribution >= 4 is 17.4 Å². The van der Waals surface area contributed by atoms with Crippen molar-refractivity contribution in [1.82, 2.24) is 10.3 Å². The maximum Gasteiger partial charge on any atom is 0.249 e. The van der Waals surface area contributed by atoms with Gasteiger partial charge in [0, 0.05) is 12.2 Å². The number of hydrazine groups is 1. The highest BCUT2D eigenvalue weighted by Gasteiger charge is 2.30. The van der Waals surface area contributed by atoms with E-state index in [0.717, 1.165) is 0 Å². The average Bonchev–Trinajstić information content (AvgIpc) is 2.63. The number of amidine groups is 1. The molecule has 1 amide bonds. The molecule has 7 nitrogen and oxygen atoms in total. The highest BCUT2D eigenvalue weighted by Crippen LogP contribution is 2.26. The number of anilines is 1. The summed E-state index contributed by atoms with van der Waals surface area (Å²) in [5.74, 6) is 5.21. The normalized spacial score (nSPS) is 16.2. The number of carbonyl (C=O) groups excluding carboxylic acids is 1. The number of fused-ring (bicyclic) bond motifs is 1. The van der Waals surface area contributed by atoms with Gasteiger partial charge in [0.05, 0.1) is 11.1 Å². The molecule has 1 atom stereocenters. The second-order valence-corrected chi connectivity index (χ2v) is 6.05. The molecule has 0 saturated carbocycles. The summed E-state index contributed by atoms with van der Waals surface area (Å²) in [7, 11) is 0. The van der Waals surface area contributed by atoms with E-state index in [1.54, 1.807) is 36.4 Å². The minimum atomic E-state index is -0.608. The molecule has 136 valence electrons. The highest BCUT2D eigenvalue weighted by atomic mass is 19.1. The number of amides is 1. The monoisotopic (exact) mass is 356 g/mol. The topological polar surface area (TPSA) is 120 Å². The lowest BCUT2D eigenvalue weighted by molar-refractivity contribution is 0.1000. The van der Waals surface area contributed by atoms with Crippen LogP contribution in [0.4, 0.5) is 10.1 Å². The molecule has 0 spiro atoms. The van der Waals surface area contributed by atoms with Gasteiger partial charge < -0.3 is 16.4 Å². The van der Waals surface area contributed by atoms with Crippen molar-refractivity contribution in [2.45, 2.75) is 12.6 Å². The number of carbonyl (C=O) groups is 1. The van der Waals surface area contributed by atoms with Crippen LogP contribution in [-0.4, -0.2) is 36.0 Å². The van der Waals surface area contributed by atoms with Gasteiger partial charge in [0.25, 0.3) is 0 Å². The first-order valence-corrected chi connectivity index (χ1v) is 8.25. The van der Waals surface area contributed by atoms with Crippen LogP contribution in [0.5, 0.6) is 0 Å². The molecule has 1 aliphatic heterocycles. The van der Waals surface area contributed by atoms with Crippen LogP contribution in [0, 0.1) is 11.2 Å². The van der Waals surface area contributed by atoms with Gasteiger partial charge in [-0.1, -0.05) is 24.3 Å². The molecule has 8 heteroatoms. The van der Waals surface area contributed by atoms with E-state index in [9.17, 15) is 9.18 Å². The minimum absolute atomic E-state index is 0.0223. The van der Waals surface area contributed by atoms with Gasteiger partial charge in [-0.05, 0) is 36.7 Å². The fourth-order valence-corrected chi connectivity index (χ4v) is 2.98. The van der Waals surface area contributed by atoms with E-state index < -0.39 is 5.91 Å². The van der Waals surface area contributed by atoms with E-state index in [0.29, 0.717) is 36.3 Å². The van der Waals surface area contributed by atoms with Gasteiger partial charge in [0.1, 0.15) is 17.8 Å². The van der Waals surface area contributed by atoms with E-state index in [4.69, 9.17) is 17.0 Å². The van der Waals surface area contributed by atoms with Gasteiger partial charge in [-0.2, -0.15) is 0 Å². The van der Waals surface area contributed by atoms with Crippen molar-refractivity contribution in [1.29, 1.82) is 5.41 Å². The number of halogens is 1. The Balaban J connectivity index is 1.64. The molecule has 3 rings (SSSR count). The maximum atomic E-state index is 13.6. The molecule has 0 aromatic heterocycles. The van der Waals surface area contributed by atoms with Crippen molar-refractivity contribution in [3.8, 4) is 0 Å². The molecule has 1 aliphatic rings. The molecule has 0 bridgehead atoms. The van der Waals surface area contributed by atoms with E-state index >= 15 is 0 Å². The third-order valence-corrected chi connectivity index (χ3v) is 4.35. The third kappa shape index (κ3) is 3.51. The smallest absolute Gasteiger partial charge is 0.249 e. The summed E-state index contributed by atoms with van der Waals surface area (Å²) in [6, 6.07) is 11.7. The number of nitrogens with one attached hydrogen (secondary N) is 3. The summed E-state index contributed by atoms with van der Waals surface area (Å²) < 4.78 is 13.6. The molecular weight excluding hydrogens is 335 g/mol. The Bertz CT molecular complexity index is 840. The predicted molar refractivity (Wildman–Crippen MR) is 98.2 cm³/mol. The van der Waals surface area contributed by atoms with Crippen molar-refractivity contribution < 1.29 is 9.18 Å². The summed E-state index contributed by atoms with van der Waals surface area (Å²) in [5.41, 5.74) is 7.30. The Morgan fingerprint density at radius 3 is 2.77 bits per heavy atom. The first-order chi connectivity index (χ1) is 12.5. The summed E-state index contributed by atoms with van der Waals surface area (Å²) in [6.07, 6.45) is 0.169. The number of hydrogen-bond acceptors (Lipinski definition) is 5. The lowest BCUT2D eigenvalue weighted by Crippen LogP contribution is -2.57. The molecule has 7 N–H and O–H groups in total. The second-order valence-electron chi connectivity index (χ2n) is 6.05. The van der Waals surface area contributed by atoms with Crippen LogP contribution in [0.3, 0.4) is 0 Å². The zero-order chi connectivity index (χ0) is 18.7. The van der Waals surface area contributed by atoms with Crippen molar-refractivity contribution in [2.75, 3.05) is 18.4 Å². The maximum absolute atomic E-state index is 13.6. The molecular formula is C18H21FN6O. The Morgan fingerprint density at radius 2 is 2.04 bits per heavy atom. The van der Waals surface area contributed by atoms with E-state index in [1.165, 1.54) is 11.1 Å². The lowest BCUT2D eigenvalue weighted by Gasteiger charge is -2.37. The molecule has 26 heavy (non-hydrogen) atoms. The Morgan fingerprint density at radius 1 is 1.27 bits per heavy atom. The van der Waals surface area contributed by atoms with Gasteiger partial charge in [-0.15, -0.1) is 0 Å². The van der Waals surface area contributed by atoms with E-state index in [1.807, 2.05) is 0 Å². The molecule has 1 unspecified atom stereocenters. The van der Waals surface area contributed by atoms with Crippen molar-refractivity contribution in [3.05, 3.63) is 65.0 Å². The van der Waals surface area contributed by atoms with E-state index in [-0.39, 0.29) is 23.4 Å². The number of nitrogens with zero attached hydrogens (tertiary/aromatic N) is 1. The molecule has 0 saturated heterocycles. The number of benzene rings is 2. The SMILES string of the molecule is N=C1c2c(cccc2C(N)=O)NC(CNCCc2ccccc2F)N1N. The van der Waals surface area contributed by atoms with Gasteiger partial charge >= 0.3 is 0 Å². The van der Waals surface area contributed by atoms with Gasteiger partial charge in [-0.25, -0.2) is 10.2 Å². The first-order valence-electron chi connectivity index (χ1n) is 8.25. The average molecular weight is 356 g/mol.